The van der Waals surface area contributed by atoms with Crippen LogP contribution in [0.4, 0.5) is 5.82 Å². The lowest BCUT2D eigenvalue weighted by Crippen LogP contribution is -1.99. The van der Waals surface area contributed by atoms with E-state index < -0.39 is 14.8 Å². The third-order valence-corrected chi connectivity index (χ3v) is 5.92. The lowest BCUT2D eigenvalue weighted by atomic mass is 10.4. The molecular formula is C12H9N3O4S3. The Morgan fingerprint density at radius 2 is 2.09 bits per heavy atom. The molecule has 0 fully saturated rings. The van der Waals surface area contributed by atoms with Gasteiger partial charge in [-0.15, -0.1) is 0 Å². The summed E-state index contributed by atoms with van der Waals surface area (Å²) in [6.45, 7) is 0. The summed E-state index contributed by atoms with van der Waals surface area (Å²) >= 11 is 2.26. The second kappa shape index (κ2) is 5.38. The van der Waals surface area contributed by atoms with Crippen LogP contribution >= 0.6 is 23.1 Å². The Kier molecular flexibility index (Phi) is 3.67. The molecule has 0 bridgehead atoms. The van der Waals surface area contributed by atoms with Gasteiger partial charge in [-0.25, -0.2) is 8.42 Å². The summed E-state index contributed by atoms with van der Waals surface area (Å²) in [7, 11) is -3.43. The first kappa shape index (κ1) is 15.0. The van der Waals surface area contributed by atoms with Crippen molar-refractivity contribution in [2.45, 2.75) is 14.8 Å². The largest absolute Gasteiger partial charge is 0.363 e. The van der Waals surface area contributed by atoms with Crippen LogP contribution in [0.5, 0.6) is 0 Å². The van der Waals surface area contributed by atoms with Crippen LogP contribution < -0.4 is 0 Å². The number of thiazole rings is 1. The van der Waals surface area contributed by atoms with Gasteiger partial charge < -0.3 is 10.1 Å². The number of hydrogen-bond donors (Lipinski definition) is 0. The van der Waals surface area contributed by atoms with Crippen LogP contribution in [0.2, 0.25) is 0 Å². The summed E-state index contributed by atoms with van der Waals surface area (Å²) in [4.78, 5) is 16.0. The van der Waals surface area contributed by atoms with Crippen molar-refractivity contribution in [1.82, 2.24) is 9.38 Å². The highest BCUT2D eigenvalue weighted by atomic mass is 32.2. The average Bonchev–Trinajstić information content (AvgIpc) is 2.97. The molecule has 0 saturated heterocycles. The topological polar surface area (TPSA) is 94.6 Å². The summed E-state index contributed by atoms with van der Waals surface area (Å²) in [5.74, 6) is -0.162. The number of benzene rings is 1. The number of imidazole rings is 1. The Labute approximate surface area is 133 Å². The van der Waals surface area contributed by atoms with Gasteiger partial charge in [0, 0.05) is 16.5 Å². The van der Waals surface area contributed by atoms with Gasteiger partial charge >= 0.3 is 5.82 Å². The molecule has 0 N–H and O–H groups in total. The zero-order valence-corrected chi connectivity index (χ0v) is 13.6. The van der Waals surface area contributed by atoms with E-state index in [1.54, 1.807) is 29.8 Å². The quantitative estimate of drug-likeness (QED) is 0.527. The minimum absolute atomic E-state index is 0.130. The predicted molar refractivity (Wildman–Crippen MR) is 83.4 cm³/mol. The lowest BCUT2D eigenvalue weighted by molar-refractivity contribution is -0.393. The zero-order chi connectivity index (χ0) is 15.9. The molecule has 7 nitrogen and oxygen atoms in total. The molecular weight excluding hydrogens is 346 g/mol. The fourth-order valence-electron chi connectivity index (χ4n) is 1.93. The van der Waals surface area contributed by atoms with E-state index in [0.29, 0.717) is 9.86 Å². The van der Waals surface area contributed by atoms with Crippen molar-refractivity contribution in [3.8, 4) is 0 Å². The molecule has 0 amide bonds. The maximum atomic E-state index is 11.8. The Morgan fingerprint density at radius 3 is 2.77 bits per heavy atom. The average molecular weight is 355 g/mol. The Morgan fingerprint density at radius 1 is 1.36 bits per heavy atom. The molecule has 2 heterocycles. The second-order valence-corrected chi connectivity index (χ2v) is 8.26. The van der Waals surface area contributed by atoms with Crippen molar-refractivity contribution in [3.05, 3.63) is 46.0 Å². The highest BCUT2D eigenvalue weighted by molar-refractivity contribution is 8.00. The van der Waals surface area contributed by atoms with Crippen LogP contribution in [0.1, 0.15) is 0 Å². The Balaban J connectivity index is 2.14. The van der Waals surface area contributed by atoms with Gasteiger partial charge in [0.15, 0.2) is 9.84 Å². The number of aromatic nitrogens is 2. The van der Waals surface area contributed by atoms with Gasteiger partial charge in [-0.1, -0.05) is 35.2 Å². The Bertz CT molecular complexity index is 975. The monoisotopic (exact) mass is 355 g/mol. The number of sulfone groups is 1. The molecule has 0 saturated carbocycles. The summed E-state index contributed by atoms with van der Waals surface area (Å²) in [6, 6.07) is 6.38. The van der Waals surface area contributed by atoms with Gasteiger partial charge in [-0.3, -0.25) is 0 Å². The summed E-state index contributed by atoms with van der Waals surface area (Å²) in [5.41, 5.74) is 0. The van der Waals surface area contributed by atoms with E-state index >= 15 is 0 Å². The first-order valence-electron chi connectivity index (χ1n) is 5.95. The van der Waals surface area contributed by atoms with Crippen molar-refractivity contribution in [2.24, 2.45) is 0 Å². The number of hydrogen-bond acceptors (Lipinski definition) is 7. The van der Waals surface area contributed by atoms with Crippen LogP contribution in [-0.4, -0.2) is 29.0 Å². The fourth-order valence-corrected chi connectivity index (χ4v) is 4.96. The molecule has 0 unspecified atom stereocenters. The van der Waals surface area contributed by atoms with Crippen molar-refractivity contribution in [2.75, 3.05) is 6.26 Å². The summed E-state index contributed by atoms with van der Waals surface area (Å²) in [5, 5.41) is 13.2. The van der Waals surface area contributed by atoms with Crippen LogP contribution in [0.15, 0.2) is 50.7 Å². The van der Waals surface area contributed by atoms with Gasteiger partial charge in [0.05, 0.1) is 4.90 Å². The van der Waals surface area contributed by atoms with Crippen molar-refractivity contribution in [1.29, 1.82) is 0 Å². The molecule has 0 aliphatic carbocycles. The lowest BCUT2D eigenvalue weighted by Gasteiger charge is -2.05. The molecule has 0 atom stereocenters. The second-order valence-electron chi connectivity index (χ2n) is 4.37. The SMILES string of the molecule is CS(=O)(=O)c1ccccc1Sc1nc2sccn2c1[N+](=O)[O-]. The first-order valence-corrected chi connectivity index (χ1v) is 9.53. The van der Waals surface area contributed by atoms with Gasteiger partial charge in [0.1, 0.15) is 6.20 Å². The smallest absolute Gasteiger partial charge is 0.358 e. The minimum atomic E-state index is -3.43. The molecule has 3 rings (SSSR count). The maximum Gasteiger partial charge on any atom is 0.363 e. The third-order valence-electron chi connectivity index (χ3n) is 2.83. The standard InChI is InChI=1S/C12H9N3O4S3/c1-22(18,19)9-5-3-2-4-8(9)21-10-11(15(16)17)14-6-7-20-12(14)13-10/h2-7H,1H3. The van der Waals surface area contributed by atoms with Gasteiger partial charge in [-0.2, -0.15) is 9.38 Å². The number of nitro groups is 1. The van der Waals surface area contributed by atoms with E-state index in [2.05, 4.69) is 4.98 Å². The molecule has 0 spiro atoms. The molecule has 0 aliphatic heterocycles. The maximum absolute atomic E-state index is 11.8. The van der Waals surface area contributed by atoms with Crippen LogP contribution in [0.25, 0.3) is 4.96 Å². The molecule has 0 radical (unpaired) electrons. The van der Waals surface area contributed by atoms with Gasteiger partial charge in [0.2, 0.25) is 5.03 Å². The van der Waals surface area contributed by atoms with Gasteiger partial charge in [-0.05, 0) is 17.1 Å². The number of fused-ring (bicyclic) bond motifs is 1. The molecule has 22 heavy (non-hydrogen) atoms. The number of nitrogens with zero attached hydrogens (tertiary/aromatic N) is 3. The van der Waals surface area contributed by atoms with Crippen LogP contribution in [-0.2, 0) is 9.84 Å². The fraction of sp³-hybridized carbons (Fsp3) is 0.0833. The Hall–Kier alpha value is -1.91. The zero-order valence-electron chi connectivity index (χ0n) is 11.2. The molecule has 114 valence electrons. The summed E-state index contributed by atoms with van der Waals surface area (Å²) < 4.78 is 25.0. The van der Waals surface area contributed by atoms with Gasteiger partial charge in [0.25, 0.3) is 4.96 Å². The normalized spacial score (nSPS) is 11.9. The molecule has 1 aromatic carbocycles. The van der Waals surface area contributed by atoms with E-state index in [0.717, 1.165) is 18.0 Å². The number of rotatable bonds is 4. The molecule has 0 aliphatic rings. The third kappa shape index (κ3) is 2.60. The van der Waals surface area contributed by atoms with Crippen molar-refractivity contribution >= 4 is 43.7 Å². The van der Waals surface area contributed by atoms with E-state index in [1.807, 2.05) is 0 Å². The van der Waals surface area contributed by atoms with Crippen LogP contribution in [0.3, 0.4) is 0 Å². The van der Waals surface area contributed by atoms with Crippen molar-refractivity contribution < 1.29 is 13.3 Å². The molecule has 10 heteroatoms. The minimum Gasteiger partial charge on any atom is -0.358 e. The van der Waals surface area contributed by atoms with Crippen molar-refractivity contribution in [3.63, 3.8) is 0 Å². The summed E-state index contributed by atoms with van der Waals surface area (Å²) in [6.07, 6.45) is 2.67. The predicted octanol–water partition coefficient (Wildman–Crippen LogP) is 2.86. The molecule has 3 aromatic rings. The van der Waals surface area contributed by atoms with E-state index in [1.165, 1.54) is 21.8 Å². The highest BCUT2D eigenvalue weighted by Gasteiger charge is 2.26. The highest BCUT2D eigenvalue weighted by Crippen LogP contribution is 2.38. The van der Waals surface area contributed by atoms with E-state index in [4.69, 9.17) is 0 Å². The molecule has 2 aromatic heterocycles. The van der Waals surface area contributed by atoms with E-state index in [-0.39, 0.29) is 15.7 Å². The van der Waals surface area contributed by atoms with E-state index in [9.17, 15) is 18.5 Å². The first-order chi connectivity index (χ1) is 10.4. The van der Waals surface area contributed by atoms with Crippen LogP contribution in [0, 0.1) is 10.1 Å².